The summed E-state index contributed by atoms with van der Waals surface area (Å²) in [4.78, 5) is 2.23. The lowest BCUT2D eigenvalue weighted by Crippen LogP contribution is -2.19. The van der Waals surface area contributed by atoms with Crippen molar-refractivity contribution in [1.82, 2.24) is 0 Å². The highest BCUT2D eigenvalue weighted by molar-refractivity contribution is 5.96. The zero-order valence-electron chi connectivity index (χ0n) is 11.4. The van der Waals surface area contributed by atoms with Crippen molar-refractivity contribution in [1.29, 1.82) is 0 Å². The minimum Gasteiger partial charge on any atom is -0.377 e. The molecule has 0 radical (unpaired) electrons. The van der Waals surface area contributed by atoms with Gasteiger partial charge >= 0.3 is 0 Å². The number of benzene rings is 2. The summed E-state index contributed by atoms with van der Waals surface area (Å²) in [6.07, 6.45) is 0. The smallest absolute Gasteiger partial charge is 0.0478 e. The van der Waals surface area contributed by atoms with E-state index in [0.29, 0.717) is 0 Å². The Hall–Kier alpha value is -1.50. The van der Waals surface area contributed by atoms with Crippen LogP contribution < -0.4 is 4.90 Å². The van der Waals surface area contributed by atoms with Crippen molar-refractivity contribution >= 4 is 16.5 Å². The van der Waals surface area contributed by atoms with Gasteiger partial charge in [0, 0.05) is 25.2 Å². The fourth-order valence-corrected chi connectivity index (χ4v) is 2.34. The van der Waals surface area contributed by atoms with Crippen LogP contribution in [0, 0.1) is 0 Å². The molecule has 0 aliphatic heterocycles. The Morgan fingerprint density at radius 2 is 1.53 bits per heavy atom. The first-order valence-corrected chi connectivity index (χ1v) is 6.11. The largest absolute Gasteiger partial charge is 0.377 e. The third-order valence-corrected chi connectivity index (χ3v) is 3.16. The van der Waals surface area contributed by atoms with Crippen molar-refractivity contribution in [3.05, 3.63) is 42.0 Å². The number of fused-ring (bicyclic) bond motifs is 1. The lowest BCUT2D eigenvalue weighted by molar-refractivity contribution is 0.590. The maximum absolute atomic E-state index is 2.27. The number of nitrogens with zero attached hydrogens (tertiary/aromatic N) is 1. The molecule has 0 saturated heterocycles. The van der Waals surface area contributed by atoms with Gasteiger partial charge in [-0.1, -0.05) is 57.2 Å². The maximum atomic E-state index is 2.27. The summed E-state index contributed by atoms with van der Waals surface area (Å²) in [5, 5.41) is 2.65. The molecule has 0 aliphatic rings. The molecule has 1 heteroatoms. The van der Waals surface area contributed by atoms with E-state index in [-0.39, 0.29) is 5.41 Å². The molecule has 0 atom stereocenters. The van der Waals surface area contributed by atoms with Gasteiger partial charge in [-0.3, -0.25) is 0 Å². The van der Waals surface area contributed by atoms with Gasteiger partial charge < -0.3 is 4.90 Å². The zero-order chi connectivity index (χ0) is 12.6. The Morgan fingerprint density at radius 3 is 2.12 bits per heavy atom. The van der Waals surface area contributed by atoms with Crippen molar-refractivity contribution in [3.8, 4) is 0 Å². The highest BCUT2D eigenvalue weighted by atomic mass is 15.1. The maximum Gasteiger partial charge on any atom is 0.0478 e. The fraction of sp³-hybridized carbons (Fsp3) is 0.375. The predicted octanol–water partition coefficient (Wildman–Crippen LogP) is 4.20. The van der Waals surface area contributed by atoms with Gasteiger partial charge in [0.25, 0.3) is 0 Å². The number of rotatable bonds is 1. The summed E-state index contributed by atoms with van der Waals surface area (Å²) in [5.41, 5.74) is 2.92. The third-order valence-electron chi connectivity index (χ3n) is 3.16. The summed E-state index contributed by atoms with van der Waals surface area (Å²) < 4.78 is 0. The minimum absolute atomic E-state index is 0.170. The molecule has 2 aromatic rings. The topological polar surface area (TPSA) is 3.24 Å². The molecular formula is C16H21N. The highest BCUT2D eigenvalue weighted by Gasteiger charge is 2.20. The lowest BCUT2D eigenvalue weighted by Gasteiger charge is -2.28. The molecule has 0 aliphatic carbocycles. The molecule has 0 heterocycles. The van der Waals surface area contributed by atoms with Crippen molar-refractivity contribution in [2.45, 2.75) is 26.2 Å². The molecule has 0 N–H and O–H groups in total. The summed E-state index contributed by atoms with van der Waals surface area (Å²) in [5.74, 6) is 0. The molecule has 0 amide bonds. The average molecular weight is 227 g/mol. The first kappa shape index (κ1) is 12.0. The second kappa shape index (κ2) is 4.06. The van der Waals surface area contributed by atoms with E-state index in [1.807, 2.05) is 0 Å². The van der Waals surface area contributed by atoms with Crippen LogP contribution in [0.3, 0.4) is 0 Å². The van der Waals surface area contributed by atoms with Gasteiger partial charge in [0.2, 0.25) is 0 Å². The average Bonchev–Trinajstić information content (AvgIpc) is 2.26. The lowest BCUT2D eigenvalue weighted by atomic mass is 9.84. The molecule has 0 aromatic heterocycles. The summed E-state index contributed by atoms with van der Waals surface area (Å²) in [6, 6.07) is 13.1. The Balaban J connectivity index is 2.82. The standard InChI is InChI=1S/C16H21N/c1-16(2,3)14-11-10-12-8-6-7-9-13(12)15(14)17(4)5/h6-11H,1-5H3. The molecule has 0 fully saturated rings. The van der Waals surface area contributed by atoms with Gasteiger partial charge in [0.05, 0.1) is 0 Å². The molecular weight excluding hydrogens is 206 g/mol. The molecule has 0 saturated carbocycles. The Morgan fingerprint density at radius 1 is 0.882 bits per heavy atom. The van der Waals surface area contributed by atoms with Crippen LogP contribution in [0.1, 0.15) is 26.3 Å². The Bertz CT molecular complexity index is 533. The SMILES string of the molecule is CN(C)c1c(C(C)(C)C)ccc2ccccc12. The zero-order valence-corrected chi connectivity index (χ0v) is 11.4. The van der Waals surface area contributed by atoms with E-state index in [4.69, 9.17) is 0 Å². The highest BCUT2D eigenvalue weighted by Crippen LogP contribution is 2.36. The molecule has 2 rings (SSSR count). The second-order valence-electron chi connectivity index (χ2n) is 5.83. The van der Waals surface area contributed by atoms with Crippen LogP contribution in [0.15, 0.2) is 36.4 Å². The summed E-state index contributed by atoms with van der Waals surface area (Å²) in [6.45, 7) is 6.80. The number of hydrogen-bond acceptors (Lipinski definition) is 1. The van der Waals surface area contributed by atoms with Gasteiger partial charge in [-0.2, -0.15) is 0 Å². The minimum atomic E-state index is 0.170. The van der Waals surface area contributed by atoms with E-state index >= 15 is 0 Å². The third kappa shape index (κ3) is 2.14. The van der Waals surface area contributed by atoms with E-state index in [2.05, 4.69) is 76.2 Å². The van der Waals surface area contributed by atoms with Crippen LogP contribution >= 0.6 is 0 Å². The molecule has 90 valence electrons. The van der Waals surface area contributed by atoms with Crippen molar-refractivity contribution in [2.75, 3.05) is 19.0 Å². The van der Waals surface area contributed by atoms with E-state index in [1.165, 1.54) is 22.0 Å². The second-order valence-corrected chi connectivity index (χ2v) is 5.83. The van der Waals surface area contributed by atoms with Crippen LogP contribution in [-0.4, -0.2) is 14.1 Å². The van der Waals surface area contributed by atoms with Crippen LogP contribution in [0.4, 0.5) is 5.69 Å². The first-order chi connectivity index (χ1) is 7.91. The van der Waals surface area contributed by atoms with Gasteiger partial charge in [-0.15, -0.1) is 0 Å². The summed E-state index contributed by atoms with van der Waals surface area (Å²) in [7, 11) is 4.24. The molecule has 0 unspecified atom stereocenters. The van der Waals surface area contributed by atoms with Gasteiger partial charge in [0.15, 0.2) is 0 Å². The van der Waals surface area contributed by atoms with E-state index < -0.39 is 0 Å². The molecule has 0 spiro atoms. The molecule has 2 aromatic carbocycles. The monoisotopic (exact) mass is 227 g/mol. The predicted molar refractivity (Wildman–Crippen MR) is 77.0 cm³/mol. The summed E-state index contributed by atoms with van der Waals surface area (Å²) >= 11 is 0. The molecule has 0 bridgehead atoms. The van der Waals surface area contributed by atoms with Gasteiger partial charge in [-0.05, 0) is 16.4 Å². The van der Waals surface area contributed by atoms with Crippen LogP contribution in [0.5, 0.6) is 0 Å². The van der Waals surface area contributed by atoms with E-state index in [0.717, 1.165) is 0 Å². The molecule has 17 heavy (non-hydrogen) atoms. The van der Waals surface area contributed by atoms with Crippen molar-refractivity contribution in [3.63, 3.8) is 0 Å². The van der Waals surface area contributed by atoms with Crippen molar-refractivity contribution in [2.24, 2.45) is 0 Å². The first-order valence-electron chi connectivity index (χ1n) is 6.11. The number of anilines is 1. The normalized spacial score (nSPS) is 11.8. The van der Waals surface area contributed by atoms with Crippen LogP contribution in [0.2, 0.25) is 0 Å². The Labute approximate surface area is 104 Å². The van der Waals surface area contributed by atoms with E-state index in [1.54, 1.807) is 0 Å². The Kier molecular flexibility index (Phi) is 2.86. The molecule has 1 nitrogen and oxygen atoms in total. The van der Waals surface area contributed by atoms with E-state index in [9.17, 15) is 0 Å². The fourth-order valence-electron chi connectivity index (χ4n) is 2.34. The van der Waals surface area contributed by atoms with Crippen LogP contribution in [-0.2, 0) is 5.41 Å². The van der Waals surface area contributed by atoms with Crippen molar-refractivity contribution < 1.29 is 0 Å². The van der Waals surface area contributed by atoms with Crippen LogP contribution in [0.25, 0.3) is 10.8 Å². The van der Waals surface area contributed by atoms with Gasteiger partial charge in [-0.25, -0.2) is 0 Å². The quantitative estimate of drug-likeness (QED) is 0.705. The number of hydrogen-bond donors (Lipinski definition) is 0. The van der Waals surface area contributed by atoms with Gasteiger partial charge in [0.1, 0.15) is 0 Å².